The summed E-state index contributed by atoms with van der Waals surface area (Å²) < 4.78 is 11.1. The van der Waals surface area contributed by atoms with E-state index >= 15 is 0 Å². The van der Waals surface area contributed by atoms with E-state index in [4.69, 9.17) is 9.47 Å². The molecule has 0 aromatic rings. The van der Waals surface area contributed by atoms with Gasteiger partial charge in [0.1, 0.15) is 5.54 Å². The predicted molar refractivity (Wildman–Crippen MR) is 71.3 cm³/mol. The van der Waals surface area contributed by atoms with E-state index in [1.54, 1.807) is 0 Å². The van der Waals surface area contributed by atoms with Crippen molar-refractivity contribution < 1.29 is 9.47 Å². The number of hydrogen-bond donors (Lipinski definition) is 1. The highest BCUT2D eigenvalue weighted by atomic mass is 16.5. The lowest BCUT2D eigenvalue weighted by Gasteiger charge is -2.25. The quantitative estimate of drug-likeness (QED) is 0.675. The summed E-state index contributed by atoms with van der Waals surface area (Å²) in [5, 5.41) is 12.5. The molecule has 0 aliphatic carbocycles. The molecule has 1 aliphatic rings. The molecule has 0 radical (unpaired) electrons. The Labute approximate surface area is 111 Å². The molecule has 4 heteroatoms. The molecule has 1 rings (SSSR count). The molecule has 0 aromatic carbocycles. The largest absolute Gasteiger partial charge is 0.379 e. The lowest BCUT2D eigenvalue weighted by atomic mass is 9.97. The number of nitrogens with one attached hydrogen (secondary N) is 1. The van der Waals surface area contributed by atoms with E-state index in [9.17, 15) is 5.26 Å². The van der Waals surface area contributed by atoms with E-state index in [2.05, 4.69) is 25.2 Å². The van der Waals surface area contributed by atoms with E-state index in [-0.39, 0.29) is 0 Å². The Morgan fingerprint density at radius 1 is 1.56 bits per heavy atom. The zero-order valence-electron chi connectivity index (χ0n) is 11.9. The molecule has 1 aliphatic heterocycles. The Morgan fingerprint density at radius 3 is 2.89 bits per heavy atom. The number of nitriles is 1. The van der Waals surface area contributed by atoms with Crippen molar-refractivity contribution in [3.8, 4) is 6.07 Å². The molecule has 1 N–H and O–H groups in total. The molecular formula is C14H26N2O2. The SMILES string of the molecule is CC(C)NC(C)(C#N)CCCOCC1CCCO1. The van der Waals surface area contributed by atoms with E-state index < -0.39 is 5.54 Å². The lowest BCUT2D eigenvalue weighted by molar-refractivity contribution is 0.0152. The monoisotopic (exact) mass is 254 g/mol. The molecule has 0 bridgehead atoms. The van der Waals surface area contributed by atoms with Crippen molar-refractivity contribution in [1.29, 1.82) is 5.26 Å². The minimum atomic E-state index is -0.443. The average Bonchev–Trinajstić information content (AvgIpc) is 2.80. The van der Waals surface area contributed by atoms with E-state index in [1.807, 2.05) is 6.92 Å². The van der Waals surface area contributed by atoms with Crippen LogP contribution in [0.3, 0.4) is 0 Å². The summed E-state index contributed by atoms with van der Waals surface area (Å²) >= 11 is 0. The minimum Gasteiger partial charge on any atom is -0.379 e. The summed E-state index contributed by atoms with van der Waals surface area (Å²) in [6.45, 7) is 8.34. The molecule has 0 aromatic heterocycles. The standard InChI is InChI=1S/C14H26N2O2/c1-12(2)16-14(3,11-15)7-5-8-17-10-13-6-4-9-18-13/h12-13,16H,4-10H2,1-3H3. The molecular weight excluding hydrogens is 228 g/mol. The molecule has 4 nitrogen and oxygen atoms in total. The Balaban J connectivity index is 2.09. The van der Waals surface area contributed by atoms with Crippen LogP contribution >= 0.6 is 0 Å². The topological polar surface area (TPSA) is 54.3 Å². The molecule has 18 heavy (non-hydrogen) atoms. The van der Waals surface area contributed by atoms with Crippen LogP contribution < -0.4 is 5.32 Å². The van der Waals surface area contributed by atoms with Crippen molar-refractivity contribution >= 4 is 0 Å². The average molecular weight is 254 g/mol. The highest BCUT2D eigenvalue weighted by Crippen LogP contribution is 2.14. The first-order valence-corrected chi connectivity index (χ1v) is 6.94. The van der Waals surface area contributed by atoms with Gasteiger partial charge >= 0.3 is 0 Å². The summed E-state index contributed by atoms with van der Waals surface area (Å²) in [6.07, 6.45) is 4.27. The van der Waals surface area contributed by atoms with Gasteiger partial charge in [-0.05, 0) is 46.5 Å². The van der Waals surface area contributed by atoms with Crippen LogP contribution in [0.25, 0.3) is 0 Å². The second-order valence-corrected chi connectivity index (χ2v) is 5.56. The summed E-state index contributed by atoms with van der Waals surface area (Å²) in [7, 11) is 0. The molecule has 0 saturated carbocycles. The van der Waals surface area contributed by atoms with Crippen LogP contribution in [-0.4, -0.2) is 37.5 Å². The van der Waals surface area contributed by atoms with Gasteiger partial charge in [0, 0.05) is 19.3 Å². The number of rotatable bonds is 8. The Hall–Kier alpha value is -0.630. The third-order valence-corrected chi connectivity index (χ3v) is 3.15. The van der Waals surface area contributed by atoms with Gasteiger partial charge < -0.3 is 9.47 Å². The third kappa shape index (κ3) is 5.81. The molecule has 104 valence electrons. The van der Waals surface area contributed by atoms with Gasteiger partial charge in [0.2, 0.25) is 0 Å². The Morgan fingerprint density at radius 2 is 2.33 bits per heavy atom. The molecule has 1 saturated heterocycles. The van der Waals surface area contributed by atoms with Crippen molar-refractivity contribution in [3.05, 3.63) is 0 Å². The number of hydrogen-bond acceptors (Lipinski definition) is 4. The zero-order valence-corrected chi connectivity index (χ0v) is 11.9. The first-order valence-electron chi connectivity index (χ1n) is 6.94. The predicted octanol–water partition coefficient (Wildman–Crippen LogP) is 2.24. The molecule has 0 spiro atoms. The number of nitrogens with zero attached hydrogens (tertiary/aromatic N) is 1. The van der Waals surface area contributed by atoms with Gasteiger partial charge in [-0.25, -0.2) is 0 Å². The van der Waals surface area contributed by atoms with Crippen LogP contribution in [0.5, 0.6) is 0 Å². The van der Waals surface area contributed by atoms with Crippen molar-refractivity contribution in [3.63, 3.8) is 0 Å². The normalized spacial score (nSPS) is 22.9. The minimum absolute atomic E-state index is 0.293. The fourth-order valence-corrected chi connectivity index (χ4v) is 2.32. The number of ether oxygens (including phenoxy) is 2. The van der Waals surface area contributed by atoms with Gasteiger partial charge in [-0.1, -0.05) is 0 Å². The van der Waals surface area contributed by atoms with Gasteiger partial charge in [-0.15, -0.1) is 0 Å². The highest BCUT2D eigenvalue weighted by molar-refractivity contribution is 5.04. The molecule has 1 heterocycles. The Kier molecular flexibility index (Phi) is 6.62. The maximum absolute atomic E-state index is 9.19. The van der Waals surface area contributed by atoms with Gasteiger partial charge in [0.25, 0.3) is 0 Å². The summed E-state index contributed by atoms with van der Waals surface area (Å²) in [4.78, 5) is 0. The Bertz CT molecular complexity index is 269. The maximum atomic E-state index is 9.19. The van der Waals surface area contributed by atoms with Crippen LogP contribution in [0.1, 0.15) is 46.5 Å². The summed E-state index contributed by atoms with van der Waals surface area (Å²) in [6, 6.07) is 2.67. The molecule has 2 unspecified atom stereocenters. The summed E-state index contributed by atoms with van der Waals surface area (Å²) in [5.74, 6) is 0. The van der Waals surface area contributed by atoms with Crippen LogP contribution in [-0.2, 0) is 9.47 Å². The van der Waals surface area contributed by atoms with Gasteiger partial charge in [-0.2, -0.15) is 5.26 Å². The smallest absolute Gasteiger partial charge is 0.104 e. The van der Waals surface area contributed by atoms with E-state index in [0.717, 1.165) is 32.3 Å². The first-order chi connectivity index (χ1) is 8.56. The zero-order chi connectivity index (χ0) is 13.4. The van der Waals surface area contributed by atoms with Crippen LogP contribution in [0.15, 0.2) is 0 Å². The van der Waals surface area contributed by atoms with Crippen molar-refractivity contribution in [2.24, 2.45) is 0 Å². The van der Waals surface area contributed by atoms with Gasteiger partial charge in [-0.3, -0.25) is 5.32 Å². The molecule has 1 fully saturated rings. The molecule has 0 amide bonds. The van der Waals surface area contributed by atoms with E-state index in [1.165, 1.54) is 0 Å². The van der Waals surface area contributed by atoms with Gasteiger partial charge in [0.05, 0.1) is 18.8 Å². The summed E-state index contributed by atoms with van der Waals surface area (Å²) in [5.41, 5.74) is -0.443. The van der Waals surface area contributed by atoms with Crippen LogP contribution in [0.2, 0.25) is 0 Å². The second-order valence-electron chi connectivity index (χ2n) is 5.56. The van der Waals surface area contributed by atoms with Crippen LogP contribution in [0, 0.1) is 11.3 Å². The van der Waals surface area contributed by atoms with Crippen molar-refractivity contribution in [2.75, 3.05) is 19.8 Å². The van der Waals surface area contributed by atoms with Crippen molar-refractivity contribution in [2.45, 2.75) is 64.1 Å². The molecule has 2 atom stereocenters. The maximum Gasteiger partial charge on any atom is 0.104 e. The fourth-order valence-electron chi connectivity index (χ4n) is 2.32. The first kappa shape index (κ1) is 15.4. The van der Waals surface area contributed by atoms with Gasteiger partial charge in [0.15, 0.2) is 0 Å². The fraction of sp³-hybridized carbons (Fsp3) is 0.929. The third-order valence-electron chi connectivity index (χ3n) is 3.15. The highest BCUT2D eigenvalue weighted by Gasteiger charge is 2.23. The second kappa shape index (κ2) is 7.73. The van der Waals surface area contributed by atoms with Crippen LogP contribution in [0.4, 0.5) is 0 Å². The van der Waals surface area contributed by atoms with E-state index in [0.29, 0.717) is 25.4 Å². The lowest BCUT2D eigenvalue weighted by Crippen LogP contribution is -2.45. The van der Waals surface area contributed by atoms with Crippen molar-refractivity contribution in [1.82, 2.24) is 5.32 Å².